The molecule has 4 rings (SSSR count). The predicted octanol–water partition coefficient (Wildman–Crippen LogP) is 10.3. The van der Waals surface area contributed by atoms with E-state index in [0.717, 1.165) is 86.9 Å². The molecule has 9 atom stereocenters. The summed E-state index contributed by atoms with van der Waals surface area (Å²) in [6, 6.07) is 0. The minimum Gasteiger partial charge on any atom is -0.462 e. The van der Waals surface area contributed by atoms with Crippen LogP contribution in [-0.2, 0) is 28.7 Å². The van der Waals surface area contributed by atoms with Crippen molar-refractivity contribution >= 4 is 35.3 Å². The van der Waals surface area contributed by atoms with Crippen molar-refractivity contribution < 1.29 is 28.7 Å². The first-order chi connectivity index (χ1) is 27.3. The highest BCUT2D eigenvalue weighted by Crippen LogP contribution is 2.67. The lowest BCUT2D eigenvalue weighted by Gasteiger charge is -2.58. The number of rotatable bonds is 26. The first-order valence-corrected chi connectivity index (χ1v) is 24.6. The number of Topliss-reactive ketones (excluding diaryl/α,β-unsaturated/α-hetero) is 1. The molecule has 3 unspecified atom stereocenters. The van der Waals surface area contributed by atoms with Gasteiger partial charge in [0.25, 0.3) is 0 Å². The molecule has 326 valence electrons. The second-order valence-corrected chi connectivity index (χ2v) is 20.4. The van der Waals surface area contributed by atoms with Crippen molar-refractivity contribution in [3.63, 3.8) is 0 Å². The van der Waals surface area contributed by atoms with Gasteiger partial charge in [-0.05, 0) is 111 Å². The van der Waals surface area contributed by atoms with Crippen molar-refractivity contribution in [3.05, 3.63) is 11.6 Å². The summed E-state index contributed by atoms with van der Waals surface area (Å²) in [5.74, 6) is 6.04. The lowest BCUT2D eigenvalue weighted by atomic mass is 9.47. The Morgan fingerprint density at radius 2 is 1.63 bits per heavy atom. The first-order valence-electron chi connectivity index (χ1n) is 23.4. The molecule has 8 nitrogen and oxygen atoms in total. The van der Waals surface area contributed by atoms with Crippen molar-refractivity contribution in [2.45, 2.75) is 177 Å². The zero-order valence-electron chi connectivity index (χ0n) is 37.2. The van der Waals surface area contributed by atoms with Gasteiger partial charge in [0, 0.05) is 44.0 Å². The molecule has 0 aromatic carbocycles. The van der Waals surface area contributed by atoms with Crippen LogP contribution >= 0.6 is 11.8 Å². The van der Waals surface area contributed by atoms with E-state index in [0.29, 0.717) is 55.2 Å². The Bertz CT molecular complexity index is 1320. The number of carbonyl (C=O) groups is 4. The van der Waals surface area contributed by atoms with Crippen LogP contribution in [0.3, 0.4) is 0 Å². The van der Waals surface area contributed by atoms with E-state index in [1.807, 2.05) is 6.92 Å². The highest BCUT2D eigenvalue weighted by molar-refractivity contribution is 7.99. The summed E-state index contributed by atoms with van der Waals surface area (Å²) in [5, 5.41) is 5.81. The van der Waals surface area contributed by atoms with Crippen LogP contribution in [0.4, 0.5) is 0 Å². The minimum absolute atomic E-state index is 0.00247. The van der Waals surface area contributed by atoms with Crippen molar-refractivity contribution in [3.8, 4) is 0 Å². The van der Waals surface area contributed by atoms with Crippen LogP contribution in [0.2, 0.25) is 0 Å². The van der Waals surface area contributed by atoms with E-state index in [2.05, 4.69) is 58.3 Å². The summed E-state index contributed by atoms with van der Waals surface area (Å²) < 4.78 is 11.6. The summed E-state index contributed by atoms with van der Waals surface area (Å²) in [6.45, 7) is 18.1. The van der Waals surface area contributed by atoms with E-state index in [1.54, 1.807) is 5.57 Å². The summed E-state index contributed by atoms with van der Waals surface area (Å²) in [4.78, 5) is 49.2. The van der Waals surface area contributed by atoms with E-state index >= 15 is 0 Å². The maximum absolute atomic E-state index is 12.8. The van der Waals surface area contributed by atoms with E-state index < -0.39 is 0 Å². The molecule has 0 aromatic heterocycles. The van der Waals surface area contributed by atoms with E-state index in [-0.39, 0.29) is 48.2 Å². The van der Waals surface area contributed by atoms with Crippen LogP contribution in [-0.4, -0.2) is 67.5 Å². The maximum Gasteiger partial charge on any atom is 0.308 e. The van der Waals surface area contributed by atoms with Gasteiger partial charge in [0.15, 0.2) is 0 Å². The van der Waals surface area contributed by atoms with Crippen molar-refractivity contribution in [2.24, 2.45) is 52.3 Å². The number of carbonyl (C=O) groups excluding carboxylic acids is 4. The molecule has 0 aromatic rings. The van der Waals surface area contributed by atoms with Crippen LogP contribution in [0.1, 0.15) is 170 Å². The number of ketones is 1. The second-order valence-electron chi connectivity index (χ2n) is 19.3. The molecule has 0 spiro atoms. The first kappa shape index (κ1) is 47.8. The van der Waals surface area contributed by atoms with Crippen LogP contribution in [0, 0.1) is 52.3 Å². The Morgan fingerprint density at radius 1 is 0.842 bits per heavy atom. The molecule has 4 aliphatic rings. The molecule has 0 bridgehead atoms. The molecule has 57 heavy (non-hydrogen) atoms. The summed E-state index contributed by atoms with van der Waals surface area (Å²) in [7, 11) is 0. The zero-order chi connectivity index (χ0) is 41.4. The van der Waals surface area contributed by atoms with E-state index in [9.17, 15) is 19.2 Å². The molecule has 3 saturated carbocycles. The number of nitrogens with one attached hydrogen (secondary N) is 2. The molecular formula is C48H82N2O6S. The third-order valence-electron chi connectivity index (χ3n) is 15.0. The molecular weight excluding hydrogens is 733 g/mol. The number of unbranched alkanes of at least 4 members (excludes halogenated alkanes) is 1. The molecule has 4 aliphatic carbocycles. The molecule has 3 fully saturated rings. The van der Waals surface area contributed by atoms with Gasteiger partial charge in [-0.3, -0.25) is 19.2 Å². The van der Waals surface area contributed by atoms with Crippen LogP contribution < -0.4 is 10.6 Å². The average Bonchev–Trinajstić information content (AvgIpc) is 3.54. The van der Waals surface area contributed by atoms with Gasteiger partial charge in [0.05, 0.1) is 25.4 Å². The summed E-state index contributed by atoms with van der Waals surface area (Å²) in [6.07, 6.45) is 22.3. The number of ether oxygens (including phenoxy) is 2. The Hall–Kier alpha value is -1.87. The Morgan fingerprint density at radius 3 is 2.39 bits per heavy atom. The maximum atomic E-state index is 12.8. The Balaban J connectivity index is 1.04. The third-order valence-corrected chi connectivity index (χ3v) is 16.0. The van der Waals surface area contributed by atoms with Gasteiger partial charge in [-0.1, -0.05) is 92.2 Å². The van der Waals surface area contributed by atoms with Crippen molar-refractivity contribution in [2.75, 3.05) is 37.8 Å². The van der Waals surface area contributed by atoms with Gasteiger partial charge >= 0.3 is 5.97 Å². The number of allylic oxidation sites excluding steroid dienone is 1. The number of hydrogen-bond acceptors (Lipinski definition) is 7. The summed E-state index contributed by atoms with van der Waals surface area (Å²) >= 11 is 1.44. The van der Waals surface area contributed by atoms with Crippen molar-refractivity contribution in [1.82, 2.24) is 10.6 Å². The highest BCUT2D eigenvalue weighted by atomic mass is 32.2. The van der Waals surface area contributed by atoms with Gasteiger partial charge in [0.2, 0.25) is 11.8 Å². The normalized spacial score (nSPS) is 29.1. The van der Waals surface area contributed by atoms with Gasteiger partial charge in [0.1, 0.15) is 11.9 Å². The van der Waals surface area contributed by atoms with Gasteiger partial charge < -0.3 is 20.1 Å². The van der Waals surface area contributed by atoms with Crippen LogP contribution in [0.15, 0.2) is 11.6 Å². The number of amides is 2. The predicted molar refractivity (Wildman–Crippen MR) is 234 cm³/mol. The molecule has 2 N–H and O–H groups in total. The van der Waals surface area contributed by atoms with Gasteiger partial charge in [-0.25, -0.2) is 0 Å². The zero-order valence-corrected chi connectivity index (χ0v) is 38.0. The fraction of sp³-hybridized carbons (Fsp3) is 0.875. The fourth-order valence-corrected chi connectivity index (χ4v) is 12.6. The second kappa shape index (κ2) is 23.8. The number of thioether (sulfide) groups is 1. The SMILES string of the molecule is CCCC(CCCCNC(=O)CCSCC(=O)NCCOCCC(=O)O[C@@H]1CC[C@]2(C)C(=CC[C@@H]3[C@@H]4CCC(C(C)CCCC(C)C)[C@]4(C)CC[C@@H]32)C1)C(=O)CC. The van der Waals surface area contributed by atoms with Gasteiger partial charge in [-0.2, -0.15) is 11.8 Å². The quantitative estimate of drug-likeness (QED) is 0.0508. The molecule has 0 saturated heterocycles. The Labute approximate surface area is 351 Å². The average molecular weight is 815 g/mol. The van der Waals surface area contributed by atoms with Gasteiger partial charge in [-0.15, -0.1) is 0 Å². The number of fused-ring (bicyclic) bond motifs is 5. The van der Waals surface area contributed by atoms with Crippen molar-refractivity contribution in [1.29, 1.82) is 0 Å². The Kier molecular flexibility index (Phi) is 20.0. The summed E-state index contributed by atoms with van der Waals surface area (Å²) in [5.41, 5.74) is 2.29. The highest BCUT2D eigenvalue weighted by Gasteiger charge is 2.59. The monoisotopic (exact) mass is 815 g/mol. The van der Waals surface area contributed by atoms with E-state index in [1.165, 1.54) is 63.1 Å². The third kappa shape index (κ3) is 13.8. The number of esters is 1. The largest absolute Gasteiger partial charge is 0.462 e. The standard InChI is InChI=1S/C48H82N2O6S/c1-8-13-36(43(51)9-2)16-10-11-27-49-44(52)24-31-57-33-45(53)50-28-30-55-29-23-46(54)56-38-21-25-47(6)37(32-38)17-18-39-41-20-19-40(35(5)15-12-14-34(3)4)48(41,7)26-22-42(39)47/h17,34-36,38-42H,8-16,18-33H2,1-7H3,(H,49,52)(H,50,53)/t35?,36?,38-,39-,40?,41+,42+,47-,48+/m1/s1. The smallest absolute Gasteiger partial charge is 0.308 e. The molecule has 9 heteroatoms. The molecule has 0 heterocycles. The fourth-order valence-electron chi connectivity index (χ4n) is 11.8. The molecule has 2 amide bonds. The minimum atomic E-state index is -0.195. The number of hydrogen-bond donors (Lipinski definition) is 2. The topological polar surface area (TPSA) is 111 Å². The van der Waals surface area contributed by atoms with E-state index in [4.69, 9.17) is 9.47 Å². The van der Waals surface area contributed by atoms with Crippen LogP contribution in [0.5, 0.6) is 0 Å². The van der Waals surface area contributed by atoms with Crippen LogP contribution in [0.25, 0.3) is 0 Å². The molecule has 0 radical (unpaired) electrons. The lowest BCUT2D eigenvalue weighted by molar-refractivity contribution is -0.152. The molecule has 0 aliphatic heterocycles. The lowest BCUT2D eigenvalue weighted by Crippen LogP contribution is -2.51.